The van der Waals surface area contributed by atoms with Crippen LogP contribution in [0.25, 0.3) is 0 Å². The number of para-hydroxylation sites is 1. The molecule has 16 heavy (non-hydrogen) atoms. The Bertz CT molecular complexity index is 404. The zero-order chi connectivity index (χ0) is 11.5. The molecule has 2 rings (SSSR count). The number of hydrogen-bond donors (Lipinski definition) is 1. The Kier molecular flexibility index (Phi) is 2.99. The fourth-order valence-corrected chi connectivity index (χ4v) is 1.78. The molecule has 1 aliphatic heterocycles. The van der Waals surface area contributed by atoms with Gasteiger partial charge in [-0.3, -0.25) is 4.79 Å². The summed E-state index contributed by atoms with van der Waals surface area (Å²) >= 11 is 0. The third-order valence-corrected chi connectivity index (χ3v) is 2.52. The van der Waals surface area contributed by atoms with Crippen LogP contribution in [-0.4, -0.2) is 26.1 Å². The molecule has 0 aliphatic carbocycles. The van der Waals surface area contributed by atoms with E-state index >= 15 is 0 Å². The summed E-state index contributed by atoms with van der Waals surface area (Å²) in [4.78, 5) is 13.4. The predicted octanol–water partition coefficient (Wildman–Crippen LogP) is 1.86. The first-order valence-electron chi connectivity index (χ1n) is 5.49. The van der Waals surface area contributed by atoms with Crippen LogP contribution in [0.15, 0.2) is 18.2 Å². The molecule has 1 aliphatic rings. The van der Waals surface area contributed by atoms with Gasteiger partial charge in [0.1, 0.15) is 11.4 Å². The van der Waals surface area contributed by atoms with Crippen LogP contribution in [0.2, 0.25) is 0 Å². The van der Waals surface area contributed by atoms with Crippen LogP contribution in [0, 0.1) is 0 Å². The molecular formula is C12H16N2O2. The minimum atomic E-state index is 0.00236. The van der Waals surface area contributed by atoms with Crippen molar-refractivity contribution in [1.82, 2.24) is 0 Å². The van der Waals surface area contributed by atoms with E-state index < -0.39 is 0 Å². The molecule has 4 heteroatoms. The molecule has 4 nitrogen and oxygen atoms in total. The smallest absolute Gasteiger partial charge is 0.244 e. The van der Waals surface area contributed by atoms with Crippen molar-refractivity contribution < 1.29 is 9.53 Å². The van der Waals surface area contributed by atoms with E-state index in [2.05, 4.69) is 12.2 Å². The van der Waals surface area contributed by atoms with Gasteiger partial charge in [-0.25, -0.2) is 0 Å². The molecule has 86 valence electrons. The van der Waals surface area contributed by atoms with Gasteiger partial charge in [-0.1, -0.05) is 13.0 Å². The summed E-state index contributed by atoms with van der Waals surface area (Å²) in [7, 11) is 1.90. The maximum atomic E-state index is 11.5. The number of fused-ring (bicyclic) bond motifs is 1. The molecule has 1 N–H and O–H groups in total. The normalized spacial score (nSPS) is 14.4. The maximum Gasteiger partial charge on any atom is 0.244 e. The van der Waals surface area contributed by atoms with Crippen molar-refractivity contribution >= 4 is 17.3 Å². The highest BCUT2D eigenvalue weighted by Gasteiger charge is 2.21. The second-order valence-corrected chi connectivity index (χ2v) is 3.90. The number of ether oxygens (including phenoxy) is 1. The SMILES string of the molecule is CCCOc1cccc2c1NC(=O)CN2C. The van der Waals surface area contributed by atoms with E-state index in [-0.39, 0.29) is 5.91 Å². The van der Waals surface area contributed by atoms with Crippen LogP contribution >= 0.6 is 0 Å². The van der Waals surface area contributed by atoms with Gasteiger partial charge in [0.25, 0.3) is 0 Å². The first-order valence-corrected chi connectivity index (χ1v) is 5.49. The van der Waals surface area contributed by atoms with Gasteiger partial charge in [0.15, 0.2) is 0 Å². The Morgan fingerprint density at radius 2 is 2.31 bits per heavy atom. The molecule has 0 aromatic heterocycles. The molecule has 1 aromatic carbocycles. The number of benzene rings is 1. The lowest BCUT2D eigenvalue weighted by Crippen LogP contribution is -2.35. The Labute approximate surface area is 95.2 Å². The number of hydrogen-bond acceptors (Lipinski definition) is 3. The Hall–Kier alpha value is -1.71. The molecule has 0 bridgehead atoms. The lowest BCUT2D eigenvalue weighted by molar-refractivity contribution is -0.115. The maximum absolute atomic E-state index is 11.5. The molecule has 0 saturated heterocycles. The van der Waals surface area contributed by atoms with E-state index in [0.29, 0.717) is 13.2 Å². The van der Waals surface area contributed by atoms with Crippen molar-refractivity contribution in [3.8, 4) is 5.75 Å². The van der Waals surface area contributed by atoms with Crippen molar-refractivity contribution in [3.63, 3.8) is 0 Å². The van der Waals surface area contributed by atoms with E-state index in [1.165, 1.54) is 0 Å². The van der Waals surface area contributed by atoms with Crippen LogP contribution < -0.4 is 15.0 Å². The summed E-state index contributed by atoms with van der Waals surface area (Å²) in [5.41, 5.74) is 1.79. The average molecular weight is 220 g/mol. The molecule has 1 heterocycles. The zero-order valence-corrected chi connectivity index (χ0v) is 9.62. The molecule has 0 fully saturated rings. The minimum absolute atomic E-state index is 0.00236. The highest BCUT2D eigenvalue weighted by Crippen LogP contribution is 2.36. The van der Waals surface area contributed by atoms with Crippen LogP contribution in [0.3, 0.4) is 0 Å². The molecule has 0 atom stereocenters. The highest BCUT2D eigenvalue weighted by atomic mass is 16.5. The van der Waals surface area contributed by atoms with E-state index in [1.807, 2.05) is 30.1 Å². The number of rotatable bonds is 3. The Morgan fingerprint density at radius 1 is 1.50 bits per heavy atom. The van der Waals surface area contributed by atoms with Crippen LogP contribution in [0.1, 0.15) is 13.3 Å². The van der Waals surface area contributed by atoms with Crippen molar-refractivity contribution in [2.45, 2.75) is 13.3 Å². The third-order valence-electron chi connectivity index (χ3n) is 2.52. The van der Waals surface area contributed by atoms with Crippen molar-refractivity contribution in [3.05, 3.63) is 18.2 Å². The summed E-state index contributed by atoms with van der Waals surface area (Å²) in [5, 5.41) is 2.86. The zero-order valence-electron chi connectivity index (χ0n) is 9.62. The van der Waals surface area contributed by atoms with Gasteiger partial charge in [0.2, 0.25) is 5.91 Å². The lowest BCUT2D eigenvalue weighted by Gasteiger charge is -2.28. The predicted molar refractivity (Wildman–Crippen MR) is 64.1 cm³/mol. The fourth-order valence-electron chi connectivity index (χ4n) is 1.78. The number of anilines is 2. The number of likely N-dealkylation sites (N-methyl/N-ethyl adjacent to an activating group) is 1. The molecule has 1 amide bonds. The average Bonchev–Trinajstić information content (AvgIpc) is 2.26. The highest BCUT2D eigenvalue weighted by molar-refractivity contribution is 6.02. The van der Waals surface area contributed by atoms with E-state index in [4.69, 9.17) is 4.74 Å². The topological polar surface area (TPSA) is 41.6 Å². The van der Waals surface area contributed by atoms with Crippen LogP contribution in [0.4, 0.5) is 11.4 Å². The number of carbonyl (C=O) groups is 1. The molecular weight excluding hydrogens is 204 g/mol. The summed E-state index contributed by atoms with van der Waals surface area (Å²) in [6.07, 6.45) is 0.952. The summed E-state index contributed by atoms with van der Waals surface area (Å²) in [6.45, 7) is 3.11. The molecule has 0 saturated carbocycles. The monoisotopic (exact) mass is 220 g/mol. The van der Waals surface area contributed by atoms with Gasteiger partial charge >= 0.3 is 0 Å². The number of carbonyl (C=O) groups excluding carboxylic acids is 1. The number of amides is 1. The summed E-state index contributed by atoms with van der Waals surface area (Å²) in [6, 6.07) is 5.80. The van der Waals surface area contributed by atoms with Gasteiger partial charge in [-0.15, -0.1) is 0 Å². The van der Waals surface area contributed by atoms with Crippen molar-refractivity contribution in [2.24, 2.45) is 0 Å². The molecule has 0 unspecified atom stereocenters. The standard InChI is InChI=1S/C12H16N2O2/c1-3-7-16-10-6-4-5-9-12(10)13-11(15)8-14(9)2/h4-6H,3,7-8H2,1-2H3,(H,13,15). The second-order valence-electron chi connectivity index (χ2n) is 3.90. The number of nitrogens with zero attached hydrogens (tertiary/aromatic N) is 1. The van der Waals surface area contributed by atoms with Gasteiger partial charge in [0.05, 0.1) is 18.8 Å². The third kappa shape index (κ3) is 1.96. The minimum Gasteiger partial charge on any atom is -0.491 e. The largest absolute Gasteiger partial charge is 0.491 e. The lowest BCUT2D eigenvalue weighted by atomic mass is 10.2. The first-order chi connectivity index (χ1) is 7.72. The van der Waals surface area contributed by atoms with Crippen molar-refractivity contribution in [2.75, 3.05) is 30.4 Å². The Balaban J connectivity index is 2.34. The molecule has 0 spiro atoms. The van der Waals surface area contributed by atoms with Gasteiger partial charge in [-0.05, 0) is 18.6 Å². The van der Waals surface area contributed by atoms with E-state index in [9.17, 15) is 4.79 Å². The number of nitrogens with one attached hydrogen (secondary N) is 1. The summed E-state index contributed by atoms with van der Waals surface area (Å²) in [5.74, 6) is 0.752. The molecule has 0 radical (unpaired) electrons. The quantitative estimate of drug-likeness (QED) is 0.845. The van der Waals surface area contributed by atoms with E-state index in [0.717, 1.165) is 23.5 Å². The van der Waals surface area contributed by atoms with Gasteiger partial charge in [-0.2, -0.15) is 0 Å². The van der Waals surface area contributed by atoms with Crippen molar-refractivity contribution in [1.29, 1.82) is 0 Å². The van der Waals surface area contributed by atoms with E-state index in [1.54, 1.807) is 0 Å². The van der Waals surface area contributed by atoms with Gasteiger partial charge in [0, 0.05) is 7.05 Å². The summed E-state index contributed by atoms with van der Waals surface area (Å²) < 4.78 is 5.61. The van der Waals surface area contributed by atoms with Gasteiger partial charge < -0.3 is 15.0 Å². The van der Waals surface area contributed by atoms with Crippen LogP contribution in [-0.2, 0) is 4.79 Å². The van der Waals surface area contributed by atoms with Crippen LogP contribution in [0.5, 0.6) is 5.75 Å². The molecule has 1 aromatic rings. The fraction of sp³-hybridized carbons (Fsp3) is 0.417. The first kappa shape index (κ1) is 10.8. The second kappa shape index (κ2) is 4.43. The Morgan fingerprint density at radius 3 is 3.06 bits per heavy atom.